The fourth-order valence-corrected chi connectivity index (χ4v) is 4.70. The summed E-state index contributed by atoms with van der Waals surface area (Å²) in [5.41, 5.74) is 1.09. The number of fused-ring (bicyclic) bond motifs is 1. The lowest BCUT2D eigenvalue weighted by Crippen LogP contribution is -2.66. The fourth-order valence-electron chi connectivity index (χ4n) is 3.80. The number of thiazole rings is 1. The third kappa shape index (κ3) is 2.60. The van der Waals surface area contributed by atoms with E-state index in [9.17, 15) is 4.79 Å². The number of amides is 1. The van der Waals surface area contributed by atoms with E-state index in [1.165, 1.54) is 24.2 Å². The van der Waals surface area contributed by atoms with Crippen LogP contribution in [-0.4, -0.2) is 30.1 Å². The molecule has 2 aromatic rings. The lowest BCUT2D eigenvalue weighted by molar-refractivity contribution is -0.125. The van der Waals surface area contributed by atoms with Gasteiger partial charge in [0.2, 0.25) is 5.91 Å². The number of nitrogens with zero attached hydrogens (tertiary/aromatic N) is 1. The van der Waals surface area contributed by atoms with Crippen LogP contribution in [0.4, 0.5) is 5.13 Å². The summed E-state index contributed by atoms with van der Waals surface area (Å²) in [5, 5.41) is 6.97. The van der Waals surface area contributed by atoms with Crippen LogP contribution in [0.5, 0.6) is 5.75 Å². The second-order valence-electron chi connectivity index (χ2n) is 6.45. The molecule has 2 heterocycles. The number of benzene rings is 1. The highest BCUT2D eigenvalue weighted by atomic mass is 32.1. The molecule has 1 saturated heterocycles. The van der Waals surface area contributed by atoms with Crippen molar-refractivity contribution in [1.29, 1.82) is 0 Å². The minimum absolute atomic E-state index is 0.0576. The van der Waals surface area contributed by atoms with E-state index in [0.29, 0.717) is 11.7 Å². The van der Waals surface area contributed by atoms with Crippen LogP contribution >= 0.6 is 11.3 Å². The van der Waals surface area contributed by atoms with Gasteiger partial charge in [0, 0.05) is 12.0 Å². The number of carbonyl (C=O) groups is 1. The van der Waals surface area contributed by atoms with Gasteiger partial charge in [-0.2, -0.15) is 0 Å². The summed E-state index contributed by atoms with van der Waals surface area (Å²) in [5.74, 6) is 0.898. The van der Waals surface area contributed by atoms with E-state index in [-0.39, 0.29) is 17.4 Å². The zero-order chi connectivity index (χ0) is 15.9. The molecule has 1 aliphatic heterocycles. The molecule has 2 N–H and O–H groups in total. The summed E-state index contributed by atoms with van der Waals surface area (Å²) < 4.78 is 6.54. The van der Waals surface area contributed by atoms with Crippen LogP contribution in [0.2, 0.25) is 0 Å². The molecule has 1 spiro atoms. The van der Waals surface area contributed by atoms with E-state index in [1.807, 2.05) is 25.1 Å². The Hall–Kier alpha value is -1.66. The predicted molar refractivity (Wildman–Crippen MR) is 92.1 cm³/mol. The van der Waals surface area contributed by atoms with Crippen molar-refractivity contribution in [3.8, 4) is 5.75 Å². The van der Waals surface area contributed by atoms with Gasteiger partial charge in [-0.25, -0.2) is 4.98 Å². The van der Waals surface area contributed by atoms with Crippen LogP contribution in [0.1, 0.15) is 32.6 Å². The average Bonchev–Trinajstić information content (AvgIpc) is 3.13. The van der Waals surface area contributed by atoms with Crippen LogP contribution in [0, 0.1) is 5.41 Å². The highest BCUT2D eigenvalue weighted by molar-refractivity contribution is 7.22. The molecule has 1 saturated carbocycles. The molecular weight excluding hydrogens is 310 g/mol. The molecule has 4 rings (SSSR count). The Morgan fingerprint density at radius 2 is 2.30 bits per heavy atom. The third-order valence-electron chi connectivity index (χ3n) is 5.03. The maximum Gasteiger partial charge on any atom is 0.243 e. The SMILES string of the molecule is CCOc1ccc2nc(NC(=O)C3NCC34CCCC4)sc2c1. The van der Waals surface area contributed by atoms with E-state index in [0.717, 1.165) is 35.4 Å². The third-order valence-corrected chi connectivity index (χ3v) is 5.97. The van der Waals surface area contributed by atoms with Crippen molar-refractivity contribution < 1.29 is 9.53 Å². The van der Waals surface area contributed by atoms with E-state index in [2.05, 4.69) is 15.6 Å². The van der Waals surface area contributed by atoms with E-state index < -0.39 is 0 Å². The van der Waals surface area contributed by atoms with Crippen molar-refractivity contribution in [2.24, 2.45) is 5.41 Å². The van der Waals surface area contributed by atoms with Crippen molar-refractivity contribution in [3.05, 3.63) is 18.2 Å². The lowest BCUT2D eigenvalue weighted by Gasteiger charge is -2.47. The number of anilines is 1. The first-order valence-corrected chi connectivity index (χ1v) is 9.09. The largest absolute Gasteiger partial charge is 0.494 e. The van der Waals surface area contributed by atoms with Crippen LogP contribution in [0.25, 0.3) is 10.2 Å². The molecule has 5 nitrogen and oxygen atoms in total. The van der Waals surface area contributed by atoms with Crippen LogP contribution in [0.3, 0.4) is 0 Å². The summed E-state index contributed by atoms with van der Waals surface area (Å²) in [7, 11) is 0. The molecule has 0 radical (unpaired) electrons. The number of rotatable bonds is 4. The van der Waals surface area contributed by atoms with Gasteiger partial charge in [-0.15, -0.1) is 0 Å². The number of ether oxygens (including phenoxy) is 1. The minimum Gasteiger partial charge on any atom is -0.494 e. The van der Waals surface area contributed by atoms with Gasteiger partial charge >= 0.3 is 0 Å². The predicted octanol–water partition coefficient (Wildman–Crippen LogP) is 3.17. The number of carbonyl (C=O) groups excluding carboxylic acids is 1. The number of aromatic nitrogens is 1. The van der Waals surface area contributed by atoms with Gasteiger partial charge in [0.1, 0.15) is 5.75 Å². The molecule has 1 unspecified atom stereocenters. The molecule has 6 heteroatoms. The summed E-state index contributed by atoms with van der Waals surface area (Å²) in [4.78, 5) is 17.1. The van der Waals surface area contributed by atoms with Crippen molar-refractivity contribution in [2.75, 3.05) is 18.5 Å². The summed E-state index contributed by atoms with van der Waals surface area (Å²) in [6.07, 6.45) is 4.81. The molecule has 1 amide bonds. The van der Waals surface area contributed by atoms with E-state index in [4.69, 9.17) is 4.74 Å². The Morgan fingerprint density at radius 3 is 3.00 bits per heavy atom. The molecule has 1 aromatic heterocycles. The van der Waals surface area contributed by atoms with Gasteiger partial charge in [0.15, 0.2) is 5.13 Å². The zero-order valence-electron chi connectivity index (χ0n) is 13.2. The first-order valence-electron chi connectivity index (χ1n) is 8.28. The molecular formula is C17H21N3O2S. The average molecular weight is 331 g/mol. The normalized spacial score (nSPS) is 22.2. The molecule has 2 fully saturated rings. The first-order chi connectivity index (χ1) is 11.2. The Bertz CT molecular complexity index is 737. The van der Waals surface area contributed by atoms with Gasteiger partial charge in [-0.05, 0) is 38.0 Å². The molecule has 0 bridgehead atoms. The Labute approximate surface area is 139 Å². The monoisotopic (exact) mass is 331 g/mol. The second-order valence-corrected chi connectivity index (χ2v) is 7.48. The number of hydrogen-bond donors (Lipinski definition) is 2. The maximum atomic E-state index is 12.6. The molecule has 2 aliphatic rings. The molecule has 122 valence electrons. The van der Waals surface area contributed by atoms with Crippen molar-refractivity contribution in [3.63, 3.8) is 0 Å². The van der Waals surface area contributed by atoms with Crippen LogP contribution in [0.15, 0.2) is 18.2 Å². The van der Waals surface area contributed by atoms with Crippen molar-refractivity contribution >= 4 is 32.6 Å². The van der Waals surface area contributed by atoms with Gasteiger partial charge in [-0.3, -0.25) is 4.79 Å². The maximum absolute atomic E-state index is 12.6. The van der Waals surface area contributed by atoms with Crippen LogP contribution < -0.4 is 15.4 Å². The standard InChI is InChI=1S/C17H21N3O2S/c1-2-22-11-5-6-12-13(9-11)23-16(19-12)20-15(21)14-17(10-18-14)7-3-4-8-17/h5-6,9,14,18H,2-4,7-8,10H2,1H3,(H,19,20,21). The Morgan fingerprint density at radius 1 is 1.48 bits per heavy atom. The summed E-state index contributed by atoms with van der Waals surface area (Å²) in [6.45, 7) is 3.58. The van der Waals surface area contributed by atoms with E-state index in [1.54, 1.807) is 0 Å². The summed E-state index contributed by atoms with van der Waals surface area (Å²) >= 11 is 1.50. The number of nitrogens with one attached hydrogen (secondary N) is 2. The highest BCUT2D eigenvalue weighted by Gasteiger charge is 2.51. The topological polar surface area (TPSA) is 63.2 Å². The van der Waals surface area contributed by atoms with Crippen molar-refractivity contribution in [2.45, 2.75) is 38.6 Å². The molecule has 1 atom stereocenters. The van der Waals surface area contributed by atoms with Gasteiger partial charge in [-0.1, -0.05) is 24.2 Å². The molecule has 1 aliphatic carbocycles. The lowest BCUT2D eigenvalue weighted by atomic mass is 9.71. The zero-order valence-corrected chi connectivity index (χ0v) is 14.0. The van der Waals surface area contributed by atoms with Crippen LogP contribution in [-0.2, 0) is 4.79 Å². The van der Waals surface area contributed by atoms with Crippen molar-refractivity contribution in [1.82, 2.24) is 10.3 Å². The molecule has 23 heavy (non-hydrogen) atoms. The minimum atomic E-state index is -0.0593. The Balaban J connectivity index is 1.50. The fraction of sp³-hybridized carbons (Fsp3) is 0.529. The van der Waals surface area contributed by atoms with Gasteiger partial charge in [0.25, 0.3) is 0 Å². The van der Waals surface area contributed by atoms with E-state index >= 15 is 0 Å². The Kier molecular flexibility index (Phi) is 3.73. The van der Waals surface area contributed by atoms with Gasteiger partial charge in [0.05, 0.1) is 22.9 Å². The second kappa shape index (κ2) is 5.76. The highest BCUT2D eigenvalue weighted by Crippen LogP contribution is 2.45. The first kappa shape index (κ1) is 14.9. The quantitative estimate of drug-likeness (QED) is 0.903. The molecule has 1 aromatic carbocycles. The smallest absolute Gasteiger partial charge is 0.243 e. The number of hydrogen-bond acceptors (Lipinski definition) is 5. The van der Waals surface area contributed by atoms with Gasteiger partial charge < -0.3 is 15.4 Å². The summed E-state index contributed by atoms with van der Waals surface area (Å²) in [6, 6.07) is 5.77.